The van der Waals surface area contributed by atoms with Crippen molar-refractivity contribution < 1.29 is 5.11 Å². The molecule has 2 rings (SSSR count). The Hall–Kier alpha value is -1.36. The second-order valence-corrected chi connectivity index (χ2v) is 4.48. The van der Waals surface area contributed by atoms with Gasteiger partial charge in [-0.3, -0.25) is 4.79 Å². The zero-order valence-electron chi connectivity index (χ0n) is 9.93. The molecule has 1 aromatic heterocycles. The van der Waals surface area contributed by atoms with Gasteiger partial charge in [-0.15, -0.1) is 0 Å². The highest BCUT2D eigenvalue weighted by Gasteiger charge is 2.21. The SMILES string of the molecule is O=c1cc(N(CCO)C2CCCCC2)nc[nH]1. The van der Waals surface area contributed by atoms with Gasteiger partial charge in [-0.1, -0.05) is 19.3 Å². The van der Waals surface area contributed by atoms with Crippen molar-refractivity contribution in [2.45, 2.75) is 38.1 Å². The van der Waals surface area contributed by atoms with Gasteiger partial charge in [0.2, 0.25) is 0 Å². The molecule has 0 unspecified atom stereocenters. The van der Waals surface area contributed by atoms with E-state index in [-0.39, 0.29) is 12.2 Å². The van der Waals surface area contributed by atoms with Gasteiger partial charge < -0.3 is 15.0 Å². The van der Waals surface area contributed by atoms with Gasteiger partial charge in [0.05, 0.1) is 12.9 Å². The molecule has 1 heterocycles. The quantitative estimate of drug-likeness (QED) is 0.816. The van der Waals surface area contributed by atoms with Crippen molar-refractivity contribution in [2.24, 2.45) is 0 Å². The standard InChI is InChI=1S/C12H19N3O2/c16-7-6-15(10-4-2-1-3-5-10)11-8-12(17)14-9-13-11/h8-10,16H,1-7H2,(H,13,14,17). The number of aliphatic hydroxyl groups excluding tert-OH is 1. The first-order valence-electron chi connectivity index (χ1n) is 6.23. The van der Waals surface area contributed by atoms with Gasteiger partial charge in [-0.05, 0) is 12.8 Å². The average molecular weight is 237 g/mol. The Labute approximate surface area is 100 Å². The van der Waals surface area contributed by atoms with Gasteiger partial charge >= 0.3 is 0 Å². The Bertz CT molecular complexity index is 399. The summed E-state index contributed by atoms with van der Waals surface area (Å²) in [6.45, 7) is 0.631. The maximum Gasteiger partial charge on any atom is 0.252 e. The molecular formula is C12H19N3O2. The van der Waals surface area contributed by atoms with E-state index in [1.807, 2.05) is 0 Å². The van der Waals surface area contributed by atoms with Crippen LogP contribution >= 0.6 is 0 Å². The molecule has 0 bridgehead atoms. The van der Waals surface area contributed by atoms with Gasteiger partial charge in [0.25, 0.3) is 5.56 Å². The number of anilines is 1. The Morgan fingerprint density at radius 1 is 1.41 bits per heavy atom. The number of aliphatic hydroxyl groups is 1. The minimum Gasteiger partial charge on any atom is -0.395 e. The van der Waals surface area contributed by atoms with Gasteiger partial charge in [0, 0.05) is 18.7 Å². The molecule has 0 atom stereocenters. The van der Waals surface area contributed by atoms with Crippen LogP contribution in [0, 0.1) is 0 Å². The molecule has 0 saturated heterocycles. The lowest BCUT2D eigenvalue weighted by molar-refractivity contribution is 0.289. The molecule has 94 valence electrons. The molecule has 17 heavy (non-hydrogen) atoms. The van der Waals surface area contributed by atoms with Crippen molar-refractivity contribution >= 4 is 5.82 Å². The second-order valence-electron chi connectivity index (χ2n) is 4.48. The summed E-state index contributed by atoms with van der Waals surface area (Å²) in [5.74, 6) is 0.676. The van der Waals surface area contributed by atoms with Crippen LogP contribution < -0.4 is 10.5 Å². The van der Waals surface area contributed by atoms with E-state index in [1.54, 1.807) is 0 Å². The maximum atomic E-state index is 11.3. The predicted octanol–water partition coefficient (Wildman–Crippen LogP) is 0.901. The summed E-state index contributed by atoms with van der Waals surface area (Å²) < 4.78 is 0. The largest absolute Gasteiger partial charge is 0.395 e. The first-order valence-corrected chi connectivity index (χ1v) is 6.23. The van der Waals surface area contributed by atoms with Crippen molar-refractivity contribution in [1.82, 2.24) is 9.97 Å². The third-order valence-electron chi connectivity index (χ3n) is 3.31. The number of aromatic amines is 1. The van der Waals surface area contributed by atoms with E-state index in [2.05, 4.69) is 14.9 Å². The van der Waals surface area contributed by atoms with Gasteiger partial charge in [-0.2, -0.15) is 0 Å². The second kappa shape index (κ2) is 5.82. The van der Waals surface area contributed by atoms with E-state index in [4.69, 9.17) is 5.11 Å². The van der Waals surface area contributed by atoms with Crippen molar-refractivity contribution in [1.29, 1.82) is 0 Å². The molecule has 0 spiro atoms. The summed E-state index contributed by atoms with van der Waals surface area (Å²) >= 11 is 0. The molecule has 0 amide bonds. The maximum absolute atomic E-state index is 11.3. The molecule has 1 aliphatic rings. The number of hydrogen-bond acceptors (Lipinski definition) is 4. The van der Waals surface area contributed by atoms with E-state index < -0.39 is 0 Å². The molecule has 5 heteroatoms. The van der Waals surface area contributed by atoms with Gasteiger partial charge in [0.1, 0.15) is 5.82 Å². The van der Waals surface area contributed by atoms with E-state index in [1.165, 1.54) is 31.7 Å². The zero-order chi connectivity index (χ0) is 12.1. The van der Waals surface area contributed by atoms with E-state index in [0.29, 0.717) is 18.4 Å². The third kappa shape index (κ3) is 3.06. The van der Waals surface area contributed by atoms with Gasteiger partial charge in [-0.25, -0.2) is 4.98 Å². The highest BCUT2D eigenvalue weighted by atomic mass is 16.3. The molecule has 1 aromatic rings. The molecule has 1 aliphatic carbocycles. The molecule has 1 fully saturated rings. The van der Waals surface area contributed by atoms with Crippen molar-refractivity contribution in [3.05, 3.63) is 22.7 Å². The fourth-order valence-electron chi connectivity index (χ4n) is 2.50. The van der Waals surface area contributed by atoms with Crippen molar-refractivity contribution in [3.8, 4) is 0 Å². The fourth-order valence-corrected chi connectivity index (χ4v) is 2.50. The Kier molecular flexibility index (Phi) is 4.14. The lowest BCUT2D eigenvalue weighted by atomic mass is 9.94. The van der Waals surface area contributed by atoms with Crippen molar-refractivity contribution in [3.63, 3.8) is 0 Å². The Balaban J connectivity index is 2.18. The summed E-state index contributed by atoms with van der Waals surface area (Å²) in [5.41, 5.74) is -0.145. The van der Waals surface area contributed by atoms with Crippen LogP contribution in [0.2, 0.25) is 0 Å². The highest BCUT2D eigenvalue weighted by molar-refractivity contribution is 5.38. The number of hydrogen-bond donors (Lipinski definition) is 2. The number of aromatic nitrogens is 2. The lowest BCUT2D eigenvalue weighted by Gasteiger charge is -2.34. The normalized spacial score (nSPS) is 17.0. The Morgan fingerprint density at radius 2 is 2.18 bits per heavy atom. The van der Waals surface area contributed by atoms with Crippen LogP contribution in [0.3, 0.4) is 0 Å². The van der Waals surface area contributed by atoms with Crippen LogP contribution in [0.1, 0.15) is 32.1 Å². The number of H-pyrrole nitrogens is 1. The van der Waals surface area contributed by atoms with Crippen molar-refractivity contribution in [2.75, 3.05) is 18.1 Å². The molecule has 0 aromatic carbocycles. The summed E-state index contributed by atoms with van der Waals surface area (Å²) in [6, 6.07) is 1.91. The number of rotatable bonds is 4. The lowest BCUT2D eigenvalue weighted by Crippen LogP contribution is -2.39. The summed E-state index contributed by atoms with van der Waals surface area (Å²) in [5, 5.41) is 9.14. The number of nitrogens with one attached hydrogen (secondary N) is 1. The summed E-state index contributed by atoms with van der Waals surface area (Å²) in [6.07, 6.45) is 7.38. The molecule has 0 radical (unpaired) electrons. The number of nitrogens with zero attached hydrogens (tertiary/aromatic N) is 2. The zero-order valence-corrected chi connectivity index (χ0v) is 9.93. The molecule has 5 nitrogen and oxygen atoms in total. The smallest absolute Gasteiger partial charge is 0.252 e. The minimum absolute atomic E-state index is 0.0883. The van der Waals surface area contributed by atoms with E-state index in [9.17, 15) is 4.79 Å². The third-order valence-corrected chi connectivity index (χ3v) is 3.31. The molecule has 1 saturated carbocycles. The van der Waals surface area contributed by atoms with Crippen LogP contribution in [-0.4, -0.2) is 34.3 Å². The average Bonchev–Trinajstić information content (AvgIpc) is 2.37. The molecule has 0 aliphatic heterocycles. The Morgan fingerprint density at radius 3 is 2.82 bits per heavy atom. The first-order chi connectivity index (χ1) is 8.31. The van der Waals surface area contributed by atoms with Crippen LogP contribution in [0.4, 0.5) is 5.82 Å². The minimum atomic E-state index is -0.145. The summed E-state index contributed by atoms with van der Waals surface area (Å²) in [4.78, 5) is 20.1. The van der Waals surface area contributed by atoms with E-state index in [0.717, 1.165) is 12.8 Å². The van der Waals surface area contributed by atoms with Crippen LogP contribution in [0.15, 0.2) is 17.2 Å². The molecule has 2 N–H and O–H groups in total. The van der Waals surface area contributed by atoms with Gasteiger partial charge in [0.15, 0.2) is 0 Å². The monoisotopic (exact) mass is 237 g/mol. The fraction of sp³-hybridized carbons (Fsp3) is 0.667. The highest BCUT2D eigenvalue weighted by Crippen LogP contribution is 2.25. The summed E-state index contributed by atoms with van der Waals surface area (Å²) in [7, 11) is 0. The first kappa shape index (κ1) is 12.1. The van der Waals surface area contributed by atoms with E-state index >= 15 is 0 Å². The van der Waals surface area contributed by atoms with Crippen LogP contribution in [-0.2, 0) is 0 Å². The van der Waals surface area contributed by atoms with Crippen LogP contribution in [0.5, 0.6) is 0 Å². The topological polar surface area (TPSA) is 69.2 Å². The van der Waals surface area contributed by atoms with Crippen LogP contribution in [0.25, 0.3) is 0 Å². The molecular weight excluding hydrogens is 218 g/mol. The predicted molar refractivity (Wildman–Crippen MR) is 66.2 cm³/mol.